The number of benzene rings is 1. The van der Waals surface area contributed by atoms with Crippen LogP contribution in [0.1, 0.15) is 23.6 Å². The van der Waals surface area contributed by atoms with Gasteiger partial charge in [0.15, 0.2) is 0 Å². The largest absolute Gasteiger partial charge is 0.324 e. The second kappa shape index (κ2) is 5.07. The SMILES string of the molecule is NC(c1ccsc1)c1ccc2c(c1)NC(=O)CC(=O)N2. The third-order valence-electron chi connectivity index (χ3n) is 3.17. The highest BCUT2D eigenvalue weighted by Crippen LogP contribution is 2.30. The van der Waals surface area contributed by atoms with Gasteiger partial charge >= 0.3 is 0 Å². The van der Waals surface area contributed by atoms with Gasteiger partial charge in [0, 0.05) is 0 Å². The molecule has 0 radical (unpaired) electrons. The van der Waals surface area contributed by atoms with E-state index in [0.717, 1.165) is 11.1 Å². The fourth-order valence-corrected chi connectivity index (χ4v) is 2.84. The average molecular weight is 287 g/mol. The molecule has 2 heterocycles. The van der Waals surface area contributed by atoms with Gasteiger partial charge in [-0.2, -0.15) is 11.3 Å². The van der Waals surface area contributed by atoms with E-state index in [0.29, 0.717) is 11.4 Å². The number of carbonyl (C=O) groups excluding carboxylic acids is 2. The molecule has 0 saturated heterocycles. The van der Waals surface area contributed by atoms with Crippen LogP contribution in [-0.4, -0.2) is 11.8 Å². The number of amides is 2. The summed E-state index contributed by atoms with van der Waals surface area (Å²) in [5, 5.41) is 9.38. The first-order valence-corrected chi connectivity index (χ1v) is 7.09. The molecule has 0 bridgehead atoms. The number of thiophene rings is 1. The first-order chi connectivity index (χ1) is 9.63. The Bertz CT molecular complexity index is 667. The molecule has 0 aliphatic carbocycles. The van der Waals surface area contributed by atoms with Gasteiger partial charge in [0.2, 0.25) is 11.8 Å². The van der Waals surface area contributed by atoms with Crippen molar-refractivity contribution in [2.45, 2.75) is 12.5 Å². The number of rotatable bonds is 2. The lowest BCUT2D eigenvalue weighted by molar-refractivity contribution is -0.123. The lowest BCUT2D eigenvalue weighted by Crippen LogP contribution is -2.16. The number of nitrogens with one attached hydrogen (secondary N) is 2. The molecule has 1 aliphatic rings. The molecule has 2 aromatic rings. The predicted octanol–water partition coefficient (Wildman–Crippen LogP) is 2.08. The normalized spacial score (nSPS) is 15.8. The summed E-state index contributed by atoms with van der Waals surface area (Å²) in [4.78, 5) is 23.0. The van der Waals surface area contributed by atoms with Crippen LogP contribution in [0.25, 0.3) is 0 Å². The molecule has 6 heteroatoms. The summed E-state index contributed by atoms with van der Waals surface area (Å²) >= 11 is 1.59. The van der Waals surface area contributed by atoms with Gasteiger partial charge in [0.05, 0.1) is 17.4 Å². The lowest BCUT2D eigenvalue weighted by atomic mass is 10.0. The van der Waals surface area contributed by atoms with E-state index < -0.39 is 0 Å². The van der Waals surface area contributed by atoms with Gasteiger partial charge in [0.1, 0.15) is 6.42 Å². The molecule has 0 fully saturated rings. The molecule has 1 aromatic carbocycles. The third kappa shape index (κ3) is 2.43. The lowest BCUT2D eigenvalue weighted by Gasteiger charge is -2.14. The summed E-state index contributed by atoms with van der Waals surface area (Å²) in [6.07, 6.45) is -0.166. The van der Waals surface area contributed by atoms with Crippen molar-refractivity contribution >= 4 is 34.5 Å². The van der Waals surface area contributed by atoms with Gasteiger partial charge in [-0.05, 0) is 40.1 Å². The Hall–Kier alpha value is -2.18. The van der Waals surface area contributed by atoms with Gasteiger partial charge in [-0.3, -0.25) is 9.59 Å². The number of carbonyl (C=O) groups is 2. The Labute approximate surface area is 119 Å². The molecule has 102 valence electrons. The topological polar surface area (TPSA) is 84.2 Å². The van der Waals surface area contributed by atoms with Crippen molar-refractivity contribution in [2.24, 2.45) is 5.73 Å². The smallest absolute Gasteiger partial charge is 0.233 e. The van der Waals surface area contributed by atoms with E-state index >= 15 is 0 Å². The van der Waals surface area contributed by atoms with E-state index in [2.05, 4.69) is 10.6 Å². The molecule has 1 aromatic heterocycles. The summed E-state index contributed by atoms with van der Waals surface area (Å²) in [5.41, 5.74) is 9.30. The molecular formula is C14H13N3O2S. The van der Waals surface area contributed by atoms with E-state index in [9.17, 15) is 9.59 Å². The van der Waals surface area contributed by atoms with Crippen molar-refractivity contribution in [3.63, 3.8) is 0 Å². The molecule has 3 rings (SSSR count). The Morgan fingerprint density at radius 3 is 2.50 bits per heavy atom. The zero-order valence-electron chi connectivity index (χ0n) is 10.6. The average Bonchev–Trinajstić information content (AvgIpc) is 2.88. The summed E-state index contributed by atoms with van der Waals surface area (Å²) in [6.45, 7) is 0. The summed E-state index contributed by atoms with van der Waals surface area (Å²) in [7, 11) is 0. The highest BCUT2D eigenvalue weighted by Gasteiger charge is 2.19. The first kappa shape index (κ1) is 12.8. The minimum Gasteiger partial charge on any atom is -0.324 e. The number of anilines is 2. The van der Waals surface area contributed by atoms with Gasteiger partial charge < -0.3 is 16.4 Å². The fraction of sp³-hybridized carbons (Fsp3) is 0.143. The molecule has 0 spiro atoms. The number of nitrogens with two attached hydrogens (primary N) is 1. The summed E-state index contributed by atoms with van der Waals surface area (Å²) in [5.74, 6) is -0.626. The van der Waals surface area contributed by atoms with Gasteiger partial charge in [-0.25, -0.2) is 0 Å². The Morgan fingerprint density at radius 2 is 1.80 bits per heavy atom. The van der Waals surface area contributed by atoms with E-state index in [1.165, 1.54) is 0 Å². The van der Waals surface area contributed by atoms with E-state index in [-0.39, 0.29) is 24.3 Å². The standard InChI is InChI=1S/C14H13N3O2S/c15-14(9-3-4-20-7-9)8-1-2-10-11(5-8)17-13(19)6-12(18)16-10/h1-5,7,14H,6,15H2,(H,16,18)(H,17,19). The Morgan fingerprint density at radius 1 is 1.05 bits per heavy atom. The van der Waals surface area contributed by atoms with E-state index in [1.807, 2.05) is 22.9 Å². The van der Waals surface area contributed by atoms with Gasteiger partial charge in [-0.1, -0.05) is 6.07 Å². The van der Waals surface area contributed by atoms with Gasteiger partial charge in [-0.15, -0.1) is 0 Å². The predicted molar refractivity (Wildman–Crippen MR) is 78.7 cm³/mol. The second-order valence-electron chi connectivity index (χ2n) is 4.61. The van der Waals surface area contributed by atoms with Crippen molar-refractivity contribution in [3.8, 4) is 0 Å². The van der Waals surface area contributed by atoms with Crippen LogP contribution in [0.2, 0.25) is 0 Å². The van der Waals surface area contributed by atoms with Crippen molar-refractivity contribution < 1.29 is 9.59 Å². The minimum absolute atomic E-state index is 0.166. The maximum Gasteiger partial charge on any atom is 0.233 e. The van der Waals surface area contributed by atoms with Crippen LogP contribution in [0.5, 0.6) is 0 Å². The molecule has 2 amide bonds. The molecule has 5 nitrogen and oxygen atoms in total. The van der Waals surface area contributed by atoms with Crippen LogP contribution in [0.4, 0.5) is 11.4 Å². The molecule has 4 N–H and O–H groups in total. The van der Waals surface area contributed by atoms with Crippen LogP contribution in [-0.2, 0) is 9.59 Å². The van der Waals surface area contributed by atoms with E-state index in [1.54, 1.807) is 23.5 Å². The molecular weight excluding hydrogens is 274 g/mol. The van der Waals surface area contributed by atoms with Crippen LogP contribution >= 0.6 is 11.3 Å². The molecule has 1 aliphatic heterocycles. The number of hydrogen-bond acceptors (Lipinski definition) is 4. The monoisotopic (exact) mass is 287 g/mol. The van der Waals surface area contributed by atoms with Crippen molar-refractivity contribution in [3.05, 3.63) is 46.2 Å². The maximum absolute atomic E-state index is 11.6. The highest BCUT2D eigenvalue weighted by molar-refractivity contribution is 7.08. The van der Waals surface area contributed by atoms with E-state index in [4.69, 9.17) is 5.73 Å². The van der Waals surface area contributed by atoms with Crippen LogP contribution < -0.4 is 16.4 Å². The molecule has 1 unspecified atom stereocenters. The minimum atomic E-state index is -0.317. The van der Waals surface area contributed by atoms with Crippen molar-refractivity contribution in [1.82, 2.24) is 0 Å². The Kier molecular flexibility index (Phi) is 3.25. The molecule has 20 heavy (non-hydrogen) atoms. The van der Waals surface area contributed by atoms with Crippen molar-refractivity contribution in [1.29, 1.82) is 0 Å². The second-order valence-corrected chi connectivity index (χ2v) is 5.39. The highest BCUT2D eigenvalue weighted by atomic mass is 32.1. The number of fused-ring (bicyclic) bond motifs is 1. The van der Waals surface area contributed by atoms with Crippen LogP contribution in [0, 0.1) is 0 Å². The quantitative estimate of drug-likeness (QED) is 0.739. The maximum atomic E-state index is 11.6. The van der Waals surface area contributed by atoms with Crippen LogP contribution in [0.15, 0.2) is 35.0 Å². The number of hydrogen-bond donors (Lipinski definition) is 3. The third-order valence-corrected chi connectivity index (χ3v) is 3.88. The zero-order valence-corrected chi connectivity index (χ0v) is 11.4. The summed E-state index contributed by atoms with van der Waals surface area (Å²) in [6, 6.07) is 7.16. The van der Waals surface area contributed by atoms with Crippen LogP contribution in [0.3, 0.4) is 0 Å². The first-order valence-electron chi connectivity index (χ1n) is 6.15. The Balaban J connectivity index is 1.96. The van der Waals surface area contributed by atoms with Crippen molar-refractivity contribution in [2.75, 3.05) is 10.6 Å². The van der Waals surface area contributed by atoms with Gasteiger partial charge in [0.25, 0.3) is 0 Å². The molecule has 0 saturated carbocycles. The fourth-order valence-electron chi connectivity index (χ4n) is 2.15. The summed E-state index contributed by atoms with van der Waals surface area (Å²) < 4.78 is 0. The molecule has 1 atom stereocenters. The zero-order chi connectivity index (χ0) is 14.1.